The van der Waals surface area contributed by atoms with Gasteiger partial charge in [-0.05, 0) is 30.3 Å². The molecule has 4 nitrogen and oxygen atoms in total. The van der Waals surface area contributed by atoms with Crippen LogP contribution in [0.15, 0.2) is 59.1 Å². The summed E-state index contributed by atoms with van der Waals surface area (Å²) >= 11 is 3.28. The molecule has 0 saturated heterocycles. The van der Waals surface area contributed by atoms with E-state index in [1.165, 1.54) is 4.90 Å². The van der Waals surface area contributed by atoms with E-state index in [1.54, 1.807) is 25.2 Å². The molecule has 2 rings (SSSR count). The van der Waals surface area contributed by atoms with Crippen LogP contribution in [0.25, 0.3) is 0 Å². The minimum Gasteiger partial charge on any atom is -0.452 e. The Bertz CT molecular complexity index is 643. The van der Waals surface area contributed by atoms with E-state index in [9.17, 15) is 9.59 Å². The van der Waals surface area contributed by atoms with Crippen LogP contribution in [0.3, 0.4) is 0 Å². The van der Waals surface area contributed by atoms with Crippen molar-refractivity contribution in [2.24, 2.45) is 0 Å². The van der Waals surface area contributed by atoms with Crippen molar-refractivity contribution in [2.75, 3.05) is 18.6 Å². The first-order chi connectivity index (χ1) is 10.1. The van der Waals surface area contributed by atoms with Gasteiger partial charge in [-0.1, -0.05) is 40.2 Å². The number of likely N-dealkylation sites (N-methyl/N-ethyl adjacent to an activating group) is 1. The summed E-state index contributed by atoms with van der Waals surface area (Å²) in [5.74, 6) is -0.810. The van der Waals surface area contributed by atoms with Crippen LogP contribution in [0.1, 0.15) is 10.4 Å². The molecule has 0 bridgehead atoms. The standard InChI is InChI=1S/C16H14BrNO3/c1-18(14-8-3-2-4-9-14)15(19)11-21-16(20)12-6-5-7-13(17)10-12/h2-10H,11H2,1H3. The van der Waals surface area contributed by atoms with Crippen LogP contribution in [-0.4, -0.2) is 25.5 Å². The van der Waals surface area contributed by atoms with Gasteiger partial charge in [-0.2, -0.15) is 0 Å². The number of carbonyl (C=O) groups is 2. The van der Waals surface area contributed by atoms with Gasteiger partial charge in [0.2, 0.25) is 0 Å². The van der Waals surface area contributed by atoms with Crippen molar-refractivity contribution >= 4 is 33.5 Å². The predicted octanol–water partition coefficient (Wildman–Crippen LogP) is 3.27. The van der Waals surface area contributed by atoms with E-state index >= 15 is 0 Å². The van der Waals surface area contributed by atoms with Crippen molar-refractivity contribution in [1.29, 1.82) is 0 Å². The summed E-state index contributed by atoms with van der Waals surface area (Å²) in [6.45, 7) is -0.295. The number of benzene rings is 2. The maximum Gasteiger partial charge on any atom is 0.338 e. The lowest BCUT2D eigenvalue weighted by atomic mass is 10.2. The van der Waals surface area contributed by atoms with Gasteiger partial charge in [0.1, 0.15) is 0 Å². The fraction of sp³-hybridized carbons (Fsp3) is 0.125. The number of esters is 1. The van der Waals surface area contributed by atoms with Gasteiger partial charge in [0, 0.05) is 17.2 Å². The Morgan fingerprint density at radius 2 is 1.81 bits per heavy atom. The highest BCUT2D eigenvalue weighted by Crippen LogP contribution is 2.13. The Hall–Kier alpha value is -2.14. The minimum atomic E-state index is -0.522. The fourth-order valence-corrected chi connectivity index (χ4v) is 2.12. The lowest BCUT2D eigenvalue weighted by Gasteiger charge is -2.17. The fourth-order valence-electron chi connectivity index (χ4n) is 1.72. The highest BCUT2D eigenvalue weighted by molar-refractivity contribution is 9.10. The topological polar surface area (TPSA) is 46.6 Å². The summed E-state index contributed by atoms with van der Waals surface area (Å²) < 4.78 is 5.82. The molecule has 1 amide bonds. The van der Waals surface area contributed by atoms with Crippen LogP contribution >= 0.6 is 15.9 Å². The number of ether oxygens (including phenoxy) is 1. The van der Waals surface area contributed by atoms with Gasteiger partial charge in [-0.3, -0.25) is 4.79 Å². The van der Waals surface area contributed by atoms with Gasteiger partial charge in [0.15, 0.2) is 6.61 Å². The minimum absolute atomic E-state index is 0.287. The first-order valence-corrected chi connectivity index (χ1v) is 7.11. The molecular weight excluding hydrogens is 334 g/mol. The summed E-state index contributed by atoms with van der Waals surface area (Å²) in [7, 11) is 1.64. The van der Waals surface area contributed by atoms with Gasteiger partial charge in [0.25, 0.3) is 5.91 Å². The third-order valence-corrected chi connectivity index (χ3v) is 3.40. The molecule has 0 heterocycles. The highest BCUT2D eigenvalue weighted by atomic mass is 79.9. The van der Waals surface area contributed by atoms with Crippen LogP contribution in [0.5, 0.6) is 0 Å². The van der Waals surface area contributed by atoms with E-state index in [0.717, 1.165) is 10.2 Å². The molecule has 0 saturated carbocycles. The number of hydrogen-bond donors (Lipinski definition) is 0. The molecule has 0 aliphatic rings. The third kappa shape index (κ3) is 4.16. The zero-order valence-electron chi connectivity index (χ0n) is 11.5. The molecule has 0 unspecified atom stereocenters. The zero-order chi connectivity index (χ0) is 15.2. The van der Waals surface area contributed by atoms with E-state index in [2.05, 4.69) is 15.9 Å². The highest BCUT2D eigenvalue weighted by Gasteiger charge is 2.14. The Morgan fingerprint density at radius 3 is 2.48 bits per heavy atom. The molecule has 0 aliphatic heterocycles. The van der Waals surface area contributed by atoms with Crippen LogP contribution in [-0.2, 0) is 9.53 Å². The average Bonchev–Trinajstić information content (AvgIpc) is 2.52. The lowest BCUT2D eigenvalue weighted by Crippen LogP contribution is -2.31. The smallest absolute Gasteiger partial charge is 0.338 e. The Balaban J connectivity index is 1.93. The van der Waals surface area contributed by atoms with Crippen molar-refractivity contribution < 1.29 is 14.3 Å². The molecule has 0 fully saturated rings. The van der Waals surface area contributed by atoms with Crippen molar-refractivity contribution in [1.82, 2.24) is 0 Å². The van der Waals surface area contributed by atoms with E-state index < -0.39 is 5.97 Å². The summed E-state index contributed by atoms with van der Waals surface area (Å²) in [5.41, 5.74) is 1.15. The van der Waals surface area contributed by atoms with Gasteiger partial charge < -0.3 is 9.64 Å². The number of amides is 1. The number of anilines is 1. The monoisotopic (exact) mass is 347 g/mol. The van der Waals surface area contributed by atoms with Crippen LogP contribution in [0.4, 0.5) is 5.69 Å². The predicted molar refractivity (Wildman–Crippen MR) is 84.3 cm³/mol. The van der Waals surface area contributed by atoms with Gasteiger partial charge in [-0.25, -0.2) is 4.79 Å². The summed E-state index contributed by atoms with van der Waals surface area (Å²) in [6, 6.07) is 16.0. The normalized spacial score (nSPS) is 10.0. The molecule has 0 atom stereocenters. The first kappa shape index (κ1) is 15.3. The SMILES string of the molecule is CN(C(=O)COC(=O)c1cccc(Br)c1)c1ccccc1. The largest absolute Gasteiger partial charge is 0.452 e. The number of hydrogen-bond acceptors (Lipinski definition) is 3. The van der Waals surface area contributed by atoms with E-state index in [-0.39, 0.29) is 12.5 Å². The second-order valence-corrected chi connectivity index (χ2v) is 5.29. The van der Waals surface area contributed by atoms with E-state index in [0.29, 0.717) is 5.56 Å². The molecule has 0 spiro atoms. The van der Waals surface area contributed by atoms with Crippen molar-refractivity contribution in [3.8, 4) is 0 Å². The third-order valence-electron chi connectivity index (χ3n) is 2.90. The number of halogens is 1. The molecule has 108 valence electrons. The maximum absolute atomic E-state index is 12.0. The Morgan fingerprint density at radius 1 is 1.10 bits per heavy atom. The number of carbonyl (C=O) groups excluding carboxylic acids is 2. The summed E-state index contributed by atoms with van der Waals surface area (Å²) in [4.78, 5) is 25.3. The molecule has 21 heavy (non-hydrogen) atoms. The Labute approximate surface area is 131 Å². The molecular formula is C16H14BrNO3. The molecule has 2 aromatic rings. The van der Waals surface area contributed by atoms with Gasteiger partial charge in [0.05, 0.1) is 5.56 Å². The second kappa shape index (κ2) is 7.04. The number of nitrogens with zero attached hydrogens (tertiary/aromatic N) is 1. The maximum atomic E-state index is 12.0. The van der Waals surface area contributed by atoms with Crippen LogP contribution in [0.2, 0.25) is 0 Å². The van der Waals surface area contributed by atoms with E-state index in [1.807, 2.05) is 36.4 Å². The van der Waals surface area contributed by atoms with Crippen molar-refractivity contribution in [2.45, 2.75) is 0 Å². The second-order valence-electron chi connectivity index (χ2n) is 4.37. The molecule has 2 aromatic carbocycles. The summed E-state index contributed by atoms with van der Waals surface area (Å²) in [5, 5.41) is 0. The quantitative estimate of drug-likeness (QED) is 0.797. The lowest BCUT2D eigenvalue weighted by molar-refractivity contribution is -0.121. The van der Waals surface area contributed by atoms with Crippen molar-refractivity contribution in [3.63, 3.8) is 0 Å². The average molecular weight is 348 g/mol. The van der Waals surface area contributed by atoms with Crippen LogP contribution in [0, 0.1) is 0 Å². The first-order valence-electron chi connectivity index (χ1n) is 6.32. The van der Waals surface area contributed by atoms with Gasteiger partial charge >= 0.3 is 5.97 Å². The van der Waals surface area contributed by atoms with Crippen LogP contribution < -0.4 is 4.90 Å². The molecule has 0 radical (unpaired) electrons. The zero-order valence-corrected chi connectivity index (χ0v) is 13.0. The number of para-hydroxylation sites is 1. The molecule has 5 heteroatoms. The van der Waals surface area contributed by atoms with E-state index in [4.69, 9.17) is 4.74 Å². The molecule has 0 aromatic heterocycles. The Kier molecular flexibility index (Phi) is 5.11. The summed E-state index contributed by atoms with van der Waals surface area (Å²) in [6.07, 6.45) is 0. The molecule has 0 aliphatic carbocycles. The van der Waals surface area contributed by atoms with Gasteiger partial charge in [-0.15, -0.1) is 0 Å². The van der Waals surface area contributed by atoms with Crippen molar-refractivity contribution in [3.05, 3.63) is 64.6 Å². The number of rotatable bonds is 4. The molecule has 0 N–H and O–H groups in total.